The lowest BCUT2D eigenvalue weighted by atomic mass is 9.97. The Morgan fingerprint density at radius 3 is 2.81 bits per heavy atom. The third kappa shape index (κ3) is 3.82. The number of carboxylic acids is 1. The van der Waals surface area contributed by atoms with Crippen LogP contribution in [0.2, 0.25) is 0 Å². The first kappa shape index (κ1) is 15.5. The number of amides is 1. The van der Waals surface area contributed by atoms with Crippen LogP contribution in [0.5, 0.6) is 0 Å². The molecule has 1 amide bonds. The van der Waals surface area contributed by atoms with Crippen LogP contribution in [0.15, 0.2) is 18.2 Å². The monoisotopic (exact) mass is 290 g/mol. The van der Waals surface area contributed by atoms with Gasteiger partial charge in [0.2, 0.25) is 5.91 Å². The van der Waals surface area contributed by atoms with E-state index in [1.807, 2.05) is 6.07 Å². The van der Waals surface area contributed by atoms with Gasteiger partial charge in [0, 0.05) is 19.1 Å². The maximum absolute atomic E-state index is 12.2. The Kier molecular flexibility index (Phi) is 4.96. The van der Waals surface area contributed by atoms with E-state index >= 15 is 0 Å². The standard InChI is InChI=1S/C16H22N2O3/c1-3-11(2)17-9-15(19)18-7-6-12-4-5-13(16(20)21)8-14(12)10-18/h4-5,8,11,17H,3,6-7,9-10H2,1-2H3,(H,20,21). The minimum atomic E-state index is -0.931. The molecule has 1 heterocycles. The summed E-state index contributed by atoms with van der Waals surface area (Å²) in [4.78, 5) is 25.0. The zero-order valence-electron chi connectivity index (χ0n) is 12.6. The zero-order chi connectivity index (χ0) is 15.4. The van der Waals surface area contributed by atoms with Crippen LogP contribution < -0.4 is 5.32 Å². The van der Waals surface area contributed by atoms with Gasteiger partial charge in [0.25, 0.3) is 0 Å². The molecule has 114 valence electrons. The lowest BCUT2D eigenvalue weighted by molar-refractivity contribution is -0.131. The van der Waals surface area contributed by atoms with Crippen molar-refractivity contribution in [1.29, 1.82) is 0 Å². The van der Waals surface area contributed by atoms with Crippen molar-refractivity contribution in [2.45, 2.75) is 39.3 Å². The molecule has 0 spiro atoms. The Morgan fingerprint density at radius 2 is 2.14 bits per heavy atom. The molecule has 0 aliphatic carbocycles. The summed E-state index contributed by atoms with van der Waals surface area (Å²) in [6.07, 6.45) is 1.77. The topological polar surface area (TPSA) is 69.6 Å². The normalized spacial score (nSPS) is 15.4. The summed E-state index contributed by atoms with van der Waals surface area (Å²) in [5.41, 5.74) is 2.36. The summed E-state index contributed by atoms with van der Waals surface area (Å²) in [6, 6.07) is 5.49. The fourth-order valence-corrected chi connectivity index (χ4v) is 2.42. The van der Waals surface area contributed by atoms with E-state index in [-0.39, 0.29) is 11.5 Å². The Balaban J connectivity index is 2.02. The van der Waals surface area contributed by atoms with Crippen LogP contribution in [0.1, 0.15) is 41.8 Å². The zero-order valence-corrected chi connectivity index (χ0v) is 12.6. The van der Waals surface area contributed by atoms with Crippen molar-refractivity contribution in [3.63, 3.8) is 0 Å². The molecule has 0 bridgehead atoms. The molecule has 2 N–H and O–H groups in total. The molecule has 21 heavy (non-hydrogen) atoms. The van der Waals surface area contributed by atoms with Crippen LogP contribution in [0.3, 0.4) is 0 Å². The number of aromatic carboxylic acids is 1. The number of hydrogen-bond donors (Lipinski definition) is 2. The van der Waals surface area contributed by atoms with Gasteiger partial charge >= 0.3 is 5.97 Å². The van der Waals surface area contributed by atoms with E-state index in [1.165, 1.54) is 0 Å². The fourth-order valence-electron chi connectivity index (χ4n) is 2.42. The van der Waals surface area contributed by atoms with Crippen LogP contribution in [-0.2, 0) is 17.8 Å². The third-order valence-corrected chi connectivity index (χ3v) is 4.03. The molecule has 0 fully saturated rings. The van der Waals surface area contributed by atoms with Crippen LogP contribution >= 0.6 is 0 Å². The van der Waals surface area contributed by atoms with Crippen molar-refractivity contribution in [2.75, 3.05) is 13.1 Å². The second-order valence-corrected chi connectivity index (χ2v) is 5.54. The molecular formula is C16H22N2O3. The molecule has 1 atom stereocenters. The Bertz CT molecular complexity index is 542. The summed E-state index contributed by atoms with van der Waals surface area (Å²) in [7, 11) is 0. The minimum absolute atomic E-state index is 0.0710. The highest BCUT2D eigenvalue weighted by Crippen LogP contribution is 2.20. The summed E-state index contributed by atoms with van der Waals surface area (Å²) < 4.78 is 0. The number of hydrogen-bond acceptors (Lipinski definition) is 3. The second kappa shape index (κ2) is 6.72. The second-order valence-electron chi connectivity index (χ2n) is 5.54. The first-order chi connectivity index (χ1) is 10.0. The SMILES string of the molecule is CCC(C)NCC(=O)N1CCc2ccc(C(=O)O)cc2C1. The van der Waals surface area contributed by atoms with Crippen LogP contribution in [-0.4, -0.2) is 41.0 Å². The molecule has 0 radical (unpaired) electrons. The van der Waals surface area contributed by atoms with E-state index in [4.69, 9.17) is 5.11 Å². The van der Waals surface area contributed by atoms with Gasteiger partial charge in [-0.25, -0.2) is 4.79 Å². The summed E-state index contributed by atoms with van der Waals surface area (Å²) in [6.45, 7) is 5.66. The largest absolute Gasteiger partial charge is 0.478 e. The number of benzene rings is 1. The van der Waals surface area contributed by atoms with Gasteiger partial charge < -0.3 is 15.3 Å². The molecule has 2 rings (SSSR count). The average molecular weight is 290 g/mol. The molecule has 0 aromatic heterocycles. The Labute approximate surface area is 125 Å². The Hall–Kier alpha value is -1.88. The molecule has 1 aliphatic heterocycles. The lowest BCUT2D eigenvalue weighted by Gasteiger charge is -2.29. The van der Waals surface area contributed by atoms with E-state index in [0.29, 0.717) is 25.7 Å². The van der Waals surface area contributed by atoms with Crippen LogP contribution in [0.25, 0.3) is 0 Å². The molecule has 1 unspecified atom stereocenters. The maximum Gasteiger partial charge on any atom is 0.335 e. The number of nitrogens with one attached hydrogen (secondary N) is 1. The maximum atomic E-state index is 12.2. The highest BCUT2D eigenvalue weighted by molar-refractivity contribution is 5.88. The van der Waals surface area contributed by atoms with E-state index in [2.05, 4.69) is 19.2 Å². The van der Waals surface area contributed by atoms with Gasteiger partial charge in [-0.15, -0.1) is 0 Å². The fraction of sp³-hybridized carbons (Fsp3) is 0.500. The molecule has 1 aromatic rings. The molecule has 0 saturated heterocycles. The van der Waals surface area contributed by atoms with Gasteiger partial charge in [0.1, 0.15) is 0 Å². The summed E-state index contributed by atoms with van der Waals surface area (Å²) in [5.74, 6) is -0.860. The highest BCUT2D eigenvalue weighted by atomic mass is 16.4. The smallest absolute Gasteiger partial charge is 0.335 e. The molecule has 5 heteroatoms. The van der Waals surface area contributed by atoms with Crippen LogP contribution in [0, 0.1) is 0 Å². The molecule has 1 aromatic carbocycles. The summed E-state index contributed by atoms with van der Waals surface area (Å²) in [5, 5.41) is 12.2. The number of carbonyl (C=O) groups excluding carboxylic acids is 1. The predicted octanol–water partition coefficient (Wildman–Crippen LogP) is 1.66. The van der Waals surface area contributed by atoms with Crippen molar-refractivity contribution in [3.05, 3.63) is 34.9 Å². The van der Waals surface area contributed by atoms with Gasteiger partial charge in [0.05, 0.1) is 12.1 Å². The van der Waals surface area contributed by atoms with E-state index in [1.54, 1.807) is 17.0 Å². The first-order valence-corrected chi connectivity index (χ1v) is 7.37. The molecular weight excluding hydrogens is 268 g/mol. The third-order valence-electron chi connectivity index (χ3n) is 4.03. The number of carbonyl (C=O) groups is 2. The lowest BCUT2D eigenvalue weighted by Crippen LogP contribution is -2.43. The molecule has 1 aliphatic rings. The number of rotatable bonds is 5. The van der Waals surface area contributed by atoms with E-state index in [0.717, 1.165) is 24.0 Å². The number of carboxylic acid groups (broad SMARTS) is 1. The predicted molar refractivity (Wildman–Crippen MR) is 80.3 cm³/mol. The van der Waals surface area contributed by atoms with Gasteiger partial charge in [-0.2, -0.15) is 0 Å². The quantitative estimate of drug-likeness (QED) is 0.865. The van der Waals surface area contributed by atoms with Crippen molar-refractivity contribution in [3.8, 4) is 0 Å². The average Bonchev–Trinajstić information content (AvgIpc) is 2.50. The molecule has 5 nitrogen and oxygen atoms in total. The van der Waals surface area contributed by atoms with Crippen molar-refractivity contribution in [1.82, 2.24) is 10.2 Å². The molecule has 0 saturated carbocycles. The number of nitrogens with zero attached hydrogens (tertiary/aromatic N) is 1. The highest BCUT2D eigenvalue weighted by Gasteiger charge is 2.21. The van der Waals surface area contributed by atoms with Gasteiger partial charge in [-0.3, -0.25) is 4.79 Å². The van der Waals surface area contributed by atoms with Gasteiger partial charge in [-0.1, -0.05) is 13.0 Å². The number of fused-ring (bicyclic) bond motifs is 1. The van der Waals surface area contributed by atoms with Crippen molar-refractivity contribution < 1.29 is 14.7 Å². The van der Waals surface area contributed by atoms with Crippen molar-refractivity contribution >= 4 is 11.9 Å². The summed E-state index contributed by atoms with van der Waals surface area (Å²) >= 11 is 0. The van der Waals surface area contributed by atoms with Crippen LogP contribution in [0.4, 0.5) is 0 Å². The van der Waals surface area contributed by atoms with E-state index in [9.17, 15) is 9.59 Å². The van der Waals surface area contributed by atoms with Gasteiger partial charge in [0.15, 0.2) is 0 Å². The van der Waals surface area contributed by atoms with Gasteiger partial charge in [-0.05, 0) is 43.0 Å². The minimum Gasteiger partial charge on any atom is -0.478 e. The first-order valence-electron chi connectivity index (χ1n) is 7.37. The van der Waals surface area contributed by atoms with E-state index < -0.39 is 5.97 Å². The van der Waals surface area contributed by atoms with Crippen molar-refractivity contribution in [2.24, 2.45) is 0 Å². The Morgan fingerprint density at radius 1 is 1.38 bits per heavy atom.